The standard InChI is InChI=1S/C21H17N3O4/c25-21(23-22-14-17-7-4-8-19(13-17)24(26)27)18-9-11-20(12-10-18)28-15-16-5-2-1-3-6-16/h1-14H,15H2,(H,23,25)/b22-14-. The number of non-ortho nitro benzene ring substituents is 1. The van der Waals surface area contributed by atoms with Gasteiger partial charge in [-0.15, -0.1) is 0 Å². The van der Waals surface area contributed by atoms with Gasteiger partial charge in [-0.05, 0) is 29.8 Å². The predicted molar refractivity (Wildman–Crippen MR) is 105 cm³/mol. The molecule has 0 spiro atoms. The van der Waals surface area contributed by atoms with Gasteiger partial charge in [0, 0.05) is 23.3 Å². The summed E-state index contributed by atoms with van der Waals surface area (Å²) in [5.74, 6) is 0.261. The Labute approximate surface area is 161 Å². The Balaban J connectivity index is 1.54. The number of hydrazone groups is 1. The van der Waals surface area contributed by atoms with Crippen LogP contribution in [-0.4, -0.2) is 17.0 Å². The van der Waals surface area contributed by atoms with Crippen molar-refractivity contribution in [2.45, 2.75) is 6.61 Å². The van der Waals surface area contributed by atoms with Gasteiger partial charge in [0.05, 0.1) is 11.1 Å². The molecule has 1 N–H and O–H groups in total. The molecule has 3 rings (SSSR count). The summed E-state index contributed by atoms with van der Waals surface area (Å²) < 4.78 is 5.68. The third-order valence-electron chi connectivity index (χ3n) is 3.83. The first-order chi connectivity index (χ1) is 13.6. The van der Waals surface area contributed by atoms with E-state index in [1.54, 1.807) is 36.4 Å². The smallest absolute Gasteiger partial charge is 0.271 e. The molecule has 0 aromatic heterocycles. The summed E-state index contributed by atoms with van der Waals surface area (Å²) in [4.78, 5) is 22.4. The van der Waals surface area contributed by atoms with E-state index in [4.69, 9.17) is 4.74 Å². The van der Waals surface area contributed by atoms with Crippen LogP contribution in [0.3, 0.4) is 0 Å². The Morgan fingerprint density at radius 1 is 1.04 bits per heavy atom. The molecule has 0 bridgehead atoms. The maximum atomic E-state index is 12.1. The van der Waals surface area contributed by atoms with E-state index >= 15 is 0 Å². The molecule has 28 heavy (non-hydrogen) atoms. The van der Waals surface area contributed by atoms with Crippen LogP contribution >= 0.6 is 0 Å². The Morgan fingerprint density at radius 3 is 2.50 bits per heavy atom. The van der Waals surface area contributed by atoms with Crippen molar-refractivity contribution < 1.29 is 14.5 Å². The lowest BCUT2D eigenvalue weighted by atomic mass is 10.2. The van der Waals surface area contributed by atoms with Crippen LogP contribution < -0.4 is 10.2 Å². The lowest BCUT2D eigenvalue weighted by Gasteiger charge is -2.07. The molecule has 0 saturated heterocycles. The number of nitro benzene ring substituents is 1. The van der Waals surface area contributed by atoms with Crippen molar-refractivity contribution in [3.8, 4) is 5.75 Å². The summed E-state index contributed by atoms with van der Waals surface area (Å²) in [7, 11) is 0. The maximum absolute atomic E-state index is 12.1. The van der Waals surface area contributed by atoms with E-state index in [9.17, 15) is 14.9 Å². The van der Waals surface area contributed by atoms with E-state index in [1.807, 2.05) is 30.3 Å². The van der Waals surface area contributed by atoms with Crippen LogP contribution in [-0.2, 0) is 6.61 Å². The van der Waals surface area contributed by atoms with Gasteiger partial charge in [0.2, 0.25) is 0 Å². The zero-order valence-electron chi connectivity index (χ0n) is 14.8. The number of carbonyl (C=O) groups excluding carboxylic acids is 1. The van der Waals surface area contributed by atoms with Gasteiger partial charge >= 0.3 is 0 Å². The van der Waals surface area contributed by atoms with Gasteiger partial charge < -0.3 is 4.74 Å². The molecule has 0 aliphatic rings. The van der Waals surface area contributed by atoms with Crippen molar-refractivity contribution >= 4 is 17.8 Å². The number of hydrogen-bond acceptors (Lipinski definition) is 5. The molecule has 7 heteroatoms. The molecule has 0 unspecified atom stereocenters. The molecule has 1 amide bonds. The van der Waals surface area contributed by atoms with Crippen LogP contribution in [0, 0.1) is 10.1 Å². The first kappa shape index (κ1) is 18.8. The quantitative estimate of drug-likeness (QED) is 0.384. The highest BCUT2D eigenvalue weighted by molar-refractivity contribution is 5.95. The van der Waals surface area contributed by atoms with Crippen LogP contribution in [0.4, 0.5) is 5.69 Å². The molecule has 0 fully saturated rings. The number of ether oxygens (including phenoxy) is 1. The molecule has 0 aliphatic heterocycles. The lowest BCUT2D eigenvalue weighted by molar-refractivity contribution is -0.384. The molecule has 3 aromatic carbocycles. The minimum atomic E-state index is -0.489. The fourth-order valence-electron chi connectivity index (χ4n) is 2.39. The normalized spacial score (nSPS) is 10.6. The van der Waals surface area contributed by atoms with Gasteiger partial charge in [-0.1, -0.05) is 42.5 Å². The molecule has 140 valence electrons. The topological polar surface area (TPSA) is 93.8 Å². The fraction of sp³-hybridized carbons (Fsp3) is 0.0476. The molecule has 0 radical (unpaired) electrons. The third-order valence-corrected chi connectivity index (χ3v) is 3.83. The first-order valence-electron chi connectivity index (χ1n) is 8.46. The van der Waals surface area contributed by atoms with Gasteiger partial charge in [0.1, 0.15) is 12.4 Å². The zero-order valence-corrected chi connectivity index (χ0v) is 14.8. The second-order valence-electron chi connectivity index (χ2n) is 5.85. The minimum Gasteiger partial charge on any atom is -0.489 e. The van der Waals surface area contributed by atoms with Crippen LogP contribution in [0.5, 0.6) is 5.75 Å². The summed E-state index contributed by atoms with van der Waals surface area (Å²) >= 11 is 0. The van der Waals surface area contributed by atoms with Gasteiger partial charge in [-0.25, -0.2) is 5.43 Å². The van der Waals surface area contributed by atoms with Gasteiger partial charge in [-0.3, -0.25) is 14.9 Å². The van der Waals surface area contributed by atoms with Gasteiger partial charge in [0.25, 0.3) is 11.6 Å². The number of nitro groups is 1. The second-order valence-corrected chi connectivity index (χ2v) is 5.85. The average molecular weight is 375 g/mol. The molecule has 0 saturated carbocycles. The molecule has 0 aliphatic carbocycles. The number of amides is 1. The Hall–Kier alpha value is -4.00. The number of benzene rings is 3. The molecule has 0 heterocycles. The summed E-state index contributed by atoms with van der Waals surface area (Å²) in [6.45, 7) is 0.444. The van der Waals surface area contributed by atoms with E-state index in [-0.39, 0.29) is 5.69 Å². The molecule has 7 nitrogen and oxygen atoms in total. The number of rotatable bonds is 7. The van der Waals surface area contributed by atoms with E-state index < -0.39 is 10.8 Å². The van der Waals surface area contributed by atoms with Gasteiger partial charge in [0.15, 0.2) is 0 Å². The second kappa shape index (κ2) is 9.09. The molecule has 3 aromatic rings. The van der Waals surface area contributed by atoms with Crippen molar-refractivity contribution in [3.05, 3.63) is 106 Å². The monoisotopic (exact) mass is 375 g/mol. The van der Waals surface area contributed by atoms with E-state index in [0.717, 1.165) is 5.56 Å². The average Bonchev–Trinajstić information content (AvgIpc) is 2.73. The van der Waals surface area contributed by atoms with Crippen molar-refractivity contribution in [1.29, 1.82) is 0 Å². The van der Waals surface area contributed by atoms with E-state index in [0.29, 0.717) is 23.5 Å². The van der Waals surface area contributed by atoms with Crippen molar-refractivity contribution in [3.63, 3.8) is 0 Å². The highest BCUT2D eigenvalue weighted by Gasteiger charge is 2.06. The highest BCUT2D eigenvalue weighted by atomic mass is 16.6. The first-order valence-corrected chi connectivity index (χ1v) is 8.46. The minimum absolute atomic E-state index is 0.0404. The Morgan fingerprint density at radius 2 is 1.79 bits per heavy atom. The van der Waals surface area contributed by atoms with Crippen molar-refractivity contribution in [2.24, 2.45) is 5.10 Å². The van der Waals surface area contributed by atoms with Crippen LogP contribution in [0.1, 0.15) is 21.5 Å². The summed E-state index contributed by atoms with van der Waals surface area (Å²) in [5, 5.41) is 14.6. The Bertz CT molecular complexity index is 986. The lowest BCUT2D eigenvalue weighted by Crippen LogP contribution is -2.17. The van der Waals surface area contributed by atoms with Crippen LogP contribution in [0.25, 0.3) is 0 Å². The molecule has 0 atom stereocenters. The highest BCUT2D eigenvalue weighted by Crippen LogP contribution is 2.14. The summed E-state index contributed by atoms with van der Waals surface area (Å²) in [5.41, 5.74) is 4.34. The van der Waals surface area contributed by atoms with E-state index in [2.05, 4.69) is 10.5 Å². The SMILES string of the molecule is O=C(N/N=C\c1cccc([N+](=O)[O-])c1)c1ccc(OCc2ccccc2)cc1. The number of hydrogen-bond donors (Lipinski definition) is 1. The van der Waals surface area contributed by atoms with Gasteiger partial charge in [-0.2, -0.15) is 5.10 Å². The number of carbonyl (C=O) groups is 1. The Kier molecular flexibility index (Phi) is 6.10. The maximum Gasteiger partial charge on any atom is 0.271 e. The fourth-order valence-corrected chi connectivity index (χ4v) is 2.39. The summed E-state index contributed by atoms with van der Waals surface area (Å²) in [6, 6.07) is 22.4. The van der Waals surface area contributed by atoms with E-state index in [1.165, 1.54) is 18.3 Å². The molecular weight excluding hydrogens is 358 g/mol. The number of nitrogens with one attached hydrogen (secondary N) is 1. The molecular formula is C21H17N3O4. The van der Waals surface area contributed by atoms with Crippen molar-refractivity contribution in [2.75, 3.05) is 0 Å². The largest absolute Gasteiger partial charge is 0.489 e. The van der Waals surface area contributed by atoms with Crippen molar-refractivity contribution in [1.82, 2.24) is 5.43 Å². The predicted octanol–water partition coefficient (Wildman–Crippen LogP) is 3.94. The number of nitrogens with zero attached hydrogens (tertiary/aromatic N) is 2. The van der Waals surface area contributed by atoms with Crippen LogP contribution in [0.15, 0.2) is 84.0 Å². The van der Waals surface area contributed by atoms with Crippen LogP contribution in [0.2, 0.25) is 0 Å². The third kappa shape index (κ3) is 5.25. The zero-order chi connectivity index (χ0) is 19.8. The summed E-state index contributed by atoms with van der Waals surface area (Å²) in [6.07, 6.45) is 1.35.